The largest absolute Gasteiger partial charge is 0.384 e. The first kappa shape index (κ1) is 8.93. The highest BCUT2D eigenvalue weighted by molar-refractivity contribution is 5.40. The topological polar surface area (TPSA) is 69.1 Å². The van der Waals surface area contributed by atoms with Gasteiger partial charge in [0, 0.05) is 17.7 Å². The lowest BCUT2D eigenvalue weighted by Gasteiger charge is -1.97. The number of hydrogen-bond donors (Lipinski definition) is 1. The number of hydrogen-bond acceptors (Lipinski definition) is 4. The fourth-order valence-corrected chi connectivity index (χ4v) is 1.30. The molecule has 0 amide bonds. The summed E-state index contributed by atoms with van der Waals surface area (Å²) in [5, 5.41) is 4.34. The second-order valence-corrected chi connectivity index (χ2v) is 3.66. The molecule has 0 saturated heterocycles. The number of fused-ring (bicyclic) bond motifs is 1. The van der Waals surface area contributed by atoms with Gasteiger partial charge in [-0.1, -0.05) is 13.8 Å². The lowest BCUT2D eigenvalue weighted by atomic mass is 10.2. The molecule has 0 aliphatic heterocycles. The van der Waals surface area contributed by atoms with Crippen LogP contribution in [0.1, 0.15) is 31.3 Å². The molecule has 2 N–H and O–H groups in total. The Kier molecular flexibility index (Phi) is 1.87. The molecule has 0 fully saturated rings. The summed E-state index contributed by atoms with van der Waals surface area (Å²) in [6.07, 6.45) is 0. The average molecular weight is 191 g/mol. The third-order valence-corrected chi connectivity index (χ3v) is 2.04. The summed E-state index contributed by atoms with van der Waals surface area (Å²) in [5.41, 5.74) is 6.57. The number of nitrogens with two attached hydrogens (primary N) is 1. The van der Waals surface area contributed by atoms with Crippen molar-refractivity contribution in [3.8, 4) is 0 Å². The summed E-state index contributed by atoms with van der Waals surface area (Å²) in [4.78, 5) is 8.40. The lowest BCUT2D eigenvalue weighted by Crippen LogP contribution is -2.00. The molecule has 0 aromatic carbocycles. The fraction of sp³-hybridized carbons (Fsp3) is 0.444. The summed E-state index contributed by atoms with van der Waals surface area (Å²) in [7, 11) is 0. The number of nitrogens with zero attached hydrogens (tertiary/aromatic N) is 4. The molecule has 2 rings (SSSR count). The molecule has 0 saturated carbocycles. The fourth-order valence-electron chi connectivity index (χ4n) is 1.30. The van der Waals surface area contributed by atoms with Crippen molar-refractivity contribution in [2.75, 3.05) is 5.73 Å². The highest BCUT2D eigenvalue weighted by Crippen LogP contribution is 2.12. The van der Waals surface area contributed by atoms with Gasteiger partial charge in [-0.15, -0.1) is 5.10 Å². The van der Waals surface area contributed by atoms with Crippen molar-refractivity contribution in [2.24, 2.45) is 0 Å². The average Bonchev–Trinajstić information content (AvgIpc) is 2.47. The summed E-state index contributed by atoms with van der Waals surface area (Å²) in [6, 6.07) is 1.78. The van der Waals surface area contributed by atoms with Crippen LogP contribution in [0.15, 0.2) is 6.07 Å². The molecule has 0 aliphatic carbocycles. The molecular weight excluding hydrogens is 178 g/mol. The maximum Gasteiger partial charge on any atom is 0.254 e. The molecule has 0 radical (unpaired) electrons. The van der Waals surface area contributed by atoms with Gasteiger partial charge in [0.2, 0.25) is 0 Å². The zero-order valence-corrected chi connectivity index (χ0v) is 8.52. The lowest BCUT2D eigenvalue weighted by molar-refractivity contribution is 0.758. The van der Waals surface area contributed by atoms with Crippen molar-refractivity contribution < 1.29 is 0 Å². The summed E-state index contributed by atoms with van der Waals surface area (Å²) < 4.78 is 1.71. The Morgan fingerprint density at radius 1 is 1.36 bits per heavy atom. The molecule has 0 unspecified atom stereocenters. The van der Waals surface area contributed by atoms with Crippen LogP contribution in [0, 0.1) is 6.92 Å². The van der Waals surface area contributed by atoms with Crippen LogP contribution in [0.3, 0.4) is 0 Å². The zero-order chi connectivity index (χ0) is 10.3. The highest BCUT2D eigenvalue weighted by Gasteiger charge is 2.09. The molecule has 2 aromatic heterocycles. The first-order valence-corrected chi connectivity index (χ1v) is 4.57. The Bertz CT molecular complexity index is 471. The molecule has 0 spiro atoms. The van der Waals surface area contributed by atoms with E-state index in [1.807, 2.05) is 20.8 Å². The second kappa shape index (κ2) is 2.94. The standard InChI is InChI=1S/C9H13N5/c1-5(2)8-12-9-11-7(10)4-6(3)14(9)13-8/h4-5H,1-3H3,(H2,10,11,12,13). The first-order chi connectivity index (χ1) is 6.58. The monoisotopic (exact) mass is 191 g/mol. The third kappa shape index (κ3) is 1.30. The quantitative estimate of drug-likeness (QED) is 0.733. The van der Waals surface area contributed by atoms with Crippen LogP contribution in [0.25, 0.3) is 5.78 Å². The number of aromatic nitrogens is 4. The SMILES string of the molecule is Cc1cc(N)nc2nc(C(C)C)nn12. The first-order valence-electron chi connectivity index (χ1n) is 4.57. The van der Waals surface area contributed by atoms with E-state index in [9.17, 15) is 0 Å². The molecular formula is C9H13N5. The zero-order valence-electron chi connectivity index (χ0n) is 8.52. The predicted molar refractivity (Wildman–Crippen MR) is 54.0 cm³/mol. The van der Waals surface area contributed by atoms with E-state index in [0.717, 1.165) is 11.5 Å². The van der Waals surface area contributed by atoms with E-state index in [1.54, 1.807) is 10.6 Å². The van der Waals surface area contributed by atoms with Gasteiger partial charge in [-0.2, -0.15) is 9.97 Å². The van der Waals surface area contributed by atoms with Crippen molar-refractivity contribution in [1.82, 2.24) is 19.6 Å². The van der Waals surface area contributed by atoms with Crippen LogP contribution >= 0.6 is 0 Å². The van der Waals surface area contributed by atoms with Gasteiger partial charge in [0.05, 0.1) is 0 Å². The Labute approximate surface area is 82.0 Å². The van der Waals surface area contributed by atoms with Crippen LogP contribution in [-0.4, -0.2) is 19.6 Å². The minimum Gasteiger partial charge on any atom is -0.384 e. The number of aryl methyl sites for hydroxylation is 1. The summed E-state index contributed by atoms with van der Waals surface area (Å²) >= 11 is 0. The smallest absolute Gasteiger partial charge is 0.254 e. The van der Waals surface area contributed by atoms with E-state index in [0.29, 0.717) is 17.5 Å². The van der Waals surface area contributed by atoms with E-state index in [-0.39, 0.29) is 0 Å². The van der Waals surface area contributed by atoms with Gasteiger partial charge in [-0.3, -0.25) is 0 Å². The van der Waals surface area contributed by atoms with Gasteiger partial charge >= 0.3 is 0 Å². The maximum absolute atomic E-state index is 5.62. The molecule has 0 atom stereocenters. The third-order valence-electron chi connectivity index (χ3n) is 2.04. The minimum absolute atomic E-state index is 0.303. The van der Waals surface area contributed by atoms with Crippen molar-refractivity contribution in [3.05, 3.63) is 17.6 Å². The van der Waals surface area contributed by atoms with Crippen molar-refractivity contribution in [2.45, 2.75) is 26.7 Å². The molecule has 2 aromatic rings. The van der Waals surface area contributed by atoms with E-state index < -0.39 is 0 Å². The number of rotatable bonds is 1. The summed E-state index contributed by atoms with van der Waals surface area (Å²) in [5.74, 6) is 2.16. The highest BCUT2D eigenvalue weighted by atomic mass is 15.3. The Morgan fingerprint density at radius 3 is 2.71 bits per heavy atom. The molecule has 5 heteroatoms. The summed E-state index contributed by atoms with van der Waals surface area (Å²) in [6.45, 7) is 6.03. The van der Waals surface area contributed by atoms with Gasteiger partial charge in [-0.05, 0) is 6.92 Å². The van der Waals surface area contributed by atoms with Crippen molar-refractivity contribution in [1.29, 1.82) is 0 Å². The molecule has 5 nitrogen and oxygen atoms in total. The van der Waals surface area contributed by atoms with Gasteiger partial charge in [0.25, 0.3) is 5.78 Å². The minimum atomic E-state index is 0.303. The Morgan fingerprint density at radius 2 is 2.07 bits per heavy atom. The van der Waals surface area contributed by atoms with E-state index >= 15 is 0 Å². The second-order valence-electron chi connectivity index (χ2n) is 3.66. The van der Waals surface area contributed by atoms with Crippen molar-refractivity contribution in [3.63, 3.8) is 0 Å². The maximum atomic E-state index is 5.62. The van der Waals surface area contributed by atoms with Gasteiger partial charge < -0.3 is 5.73 Å². The van der Waals surface area contributed by atoms with Crippen LogP contribution in [0.4, 0.5) is 5.82 Å². The van der Waals surface area contributed by atoms with Gasteiger partial charge in [-0.25, -0.2) is 4.52 Å². The Hall–Kier alpha value is -1.65. The predicted octanol–water partition coefficient (Wildman–Crippen LogP) is 1.14. The van der Waals surface area contributed by atoms with Crippen LogP contribution in [0.5, 0.6) is 0 Å². The van der Waals surface area contributed by atoms with Crippen LogP contribution < -0.4 is 5.73 Å². The normalized spacial score (nSPS) is 11.4. The molecule has 74 valence electrons. The van der Waals surface area contributed by atoms with E-state index in [2.05, 4.69) is 15.1 Å². The van der Waals surface area contributed by atoms with Crippen LogP contribution in [0.2, 0.25) is 0 Å². The van der Waals surface area contributed by atoms with Crippen LogP contribution in [-0.2, 0) is 0 Å². The Balaban J connectivity index is 2.70. The van der Waals surface area contributed by atoms with Crippen molar-refractivity contribution >= 4 is 11.6 Å². The number of anilines is 1. The van der Waals surface area contributed by atoms with Gasteiger partial charge in [0.1, 0.15) is 5.82 Å². The van der Waals surface area contributed by atoms with Gasteiger partial charge in [0.15, 0.2) is 5.82 Å². The van der Waals surface area contributed by atoms with E-state index in [4.69, 9.17) is 5.73 Å². The molecule has 0 bridgehead atoms. The molecule has 2 heterocycles. The molecule has 14 heavy (non-hydrogen) atoms. The number of nitrogen functional groups attached to an aromatic ring is 1. The molecule has 0 aliphatic rings. The van der Waals surface area contributed by atoms with E-state index in [1.165, 1.54) is 0 Å².